The molecule has 1 saturated heterocycles. The van der Waals surface area contributed by atoms with Gasteiger partial charge in [-0.1, -0.05) is 0 Å². The summed E-state index contributed by atoms with van der Waals surface area (Å²) in [6.07, 6.45) is -0.353. The van der Waals surface area contributed by atoms with Crippen molar-refractivity contribution in [2.45, 2.75) is 23.7 Å². The number of nitrogens with zero attached hydrogens (tertiary/aromatic N) is 1. The molecule has 2 rings (SSSR count). The van der Waals surface area contributed by atoms with E-state index in [2.05, 4.69) is 0 Å². The van der Waals surface area contributed by atoms with Gasteiger partial charge < -0.3 is 4.90 Å². The summed E-state index contributed by atoms with van der Waals surface area (Å²) in [7, 11) is -3.71. The van der Waals surface area contributed by atoms with Crippen LogP contribution in [0.15, 0.2) is 29.2 Å². The molecule has 0 radical (unpaired) electrons. The highest BCUT2D eigenvalue weighted by Crippen LogP contribution is 2.30. The second kappa shape index (κ2) is 4.47. The van der Waals surface area contributed by atoms with Crippen molar-refractivity contribution in [1.82, 2.24) is 0 Å². The summed E-state index contributed by atoms with van der Waals surface area (Å²) < 4.78 is 48.1. The van der Waals surface area contributed by atoms with Crippen molar-refractivity contribution in [2.75, 3.05) is 18.0 Å². The SMILES string of the molecule is NS(=O)(=O)c1ccc(N2CCC(F)(F)CC2)cc1. The highest BCUT2D eigenvalue weighted by Gasteiger charge is 2.33. The van der Waals surface area contributed by atoms with Crippen LogP contribution in [0.3, 0.4) is 0 Å². The second-order valence-corrected chi connectivity index (χ2v) is 5.94. The maximum atomic E-state index is 13.0. The Bertz CT molecular complexity index is 518. The monoisotopic (exact) mass is 276 g/mol. The molecule has 0 atom stereocenters. The molecular weight excluding hydrogens is 262 g/mol. The first-order valence-corrected chi connectivity index (χ1v) is 7.08. The molecule has 0 spiro atoms. The summed E-state index contributed by atoms with van der Waals surface area (Å²) in [6, 6.07) is 5.95. The fraction of sp³-hybridized carbons (Fsp3) is 0.455. The second-order valence-electron chi connectivity index (χ2n) is 4.38. The van der Waals surface area contributed by atoms with Crippen LogP contribution in [0.2, 0.25) is 0 Å². The number of piperidine rings is 1. The lowest BCUT2D eigenvalue weighted by molar-refractivity contribution is -0.0220. The van der Waals surface area contributed by atoms with Gasteiger partial charge in [0.05, 0.1) is 4.90 Å². The Kier molecular flexibility index (Phi) is 3.29. The summed E-state index contributed by atoms with van der Waals surface area (Å²) in [6.45, 7) is 0.531. The molecule has 0 amide bonds. The van der Waals surface area contributed by atoms with E-state index >= 15 is 0 Å². The van der Waals surface area contributed by atoms with Gasteiger partial charge >= 0.3 is 0 Å². The third kappa shape index (κ3) is 2.97. The maximum absolute atomic E-state index is 13.0. The van der Waals surface area contributed by atoms with Crippen LogP contribution in [0.4, 0.5) is 14.5 Å². The van der Waals surface area contributed by atoms with Crippen molar-refractivity contribution in [1.29, 1.82) is 0 Å². The molecule has 1 heterocycles. The van der Waals surface area contributed by atoms with Crippen molar-refractivity contribution in [3.05, 3.63) is 24.3 Å². The Hall–Kier alpha value is -1.21. The van der Waals surface area contributed by atoms with Crippen LogP contribution in [-0.4, -0.2) is 27.4 Å². The third-order valence-electron chi connectivity index (χ3n) is 3.03. The van der Waals surface area contributed by atoms with Crippen molar-refractivity contribution >= 4 is 15.7 Å². The minimum absolute atomic E-state index is 0.0218. The fourth-order valence-corrected chi connectivity index (χ4v) is 2.45. The van der Waals surface area contributed by atoms with Crippen LogP contribution in [0.1, 0.15) is 12.8 Å². The zero-order valence-electron chi connectivity index (χ0n) is 9.64. The normalized spacial score (nSPS) is 19.8. The van der Waals surface area contributed by atoms with Gasteiger partial charge in [-0.2, -0.15) is 0 Å². The van der Waals surface area contributed by atoms with Crippen LogP contribution in [0.5, 0.6) is 0 Å². The molecule has 0 aromatic heterocycles. The summed E-state index contributed by atoms with van der Waals surface area (Å²) in [4.78, 5) is 1.83. The molecule has 0 saturated carbocycles. The zero-order chi connectivity index (χ0) is 13.4. The number of nitrogens with two attached hydrogens (primary N) is 1. The van der Waals surface area contributed by atoms with Gasteiger partial charge in [0, 0.05) is 31.6 Å². The minimum Gasteiger partial charge on any atom is -0.371 e. The smallest absolute Gasteiger partial charge is 0.251 e. The average molecular weight is 276 g/mol. The number of hydrogen-bond donors (Lipinski definition) is 1. The number of rotatable bonds is 2. The van der Waals surface area contributed by atoms with Crippen LogP contribution in [0.25, 0.3) is 0 Å². The molecule has 18 heavy (non-hydrogen) atoms. The highest BCUT2D eigenvalue weighted by atomic mass is 32.2. The highest BCUT2D eigenvalue weighted by molar-refractivity contribution is 7.89. The lowest BCUT2D eigenvalue weighted by Gasteiger charge is -2.33. The molecule has 1 fully saturated rings. The van der Waals surface area contributed by atoms with Gasteiger partial charge in [0.2, 0.25) is 10.0 Å². The molecule has 0 aliphatic carbocycles. The van der Waals surface area contributed by atoms with Crippen LogP contribution >= 0.6 is 0 Å². The number of primary sulfonamides is 1. The molecule has 100 valence electrons. The van der Waals surface area contributed by atoms with E-state index in [0.29, 0.717) is 0 Å². The Morgan fingerprint density at radius 2 is 1.61 bits per heavy atom. The van der Waals surface area contributed by atoms with Gasteiger partial charge in [0.25, 0.3) is 5.92 Å². The first-order valence-electron chi connectivity index (χ1n) is 5.54. The lowest BCUT2D eigenvalue weighted by atomic mass is 10.1. The molecule has 1 aliphatic rings. The van der Waals surface area contributed by atoms with Crippen LogP contribution in [-0.2, 0) is 10.0 Å². The predicted octanol–water partition coefficient (Wildman–Crippen LogP) is 1.57. The number of benzene rings is 1. The van der Waals surface area contributed by atoms with Crippen molar-refractivity contribution < 1.29 is 17.2 Å². The molecule has 7 heteroatoms. The van der Waals surface area contributed by atoms with Crippen LogP contribution < -0.4 is 10.0 Å². The van der Waals surface area contributed by atoms with E-state index in [1.807, 2.05) is 4.90 Å². The number of halogens is 2. The molecule has 1 aromatic carbocycles. The van der Waals surface area contributed by atoms with Gasteiger partial charge in [-0.25, -0.2) is 22.3 Å². The van der Waals surface area contributed by atoms with Gasteiger partial charge in [-0.05, 0) is 24.3 Å². The Morgan fingerprint density at radius 3 is 2.06 bits per heavy atom. The molecule has 1 aromatic rings. The van der Waals surface area contributed by atoms with Gasteiger partial charge in [0.15, 0.2) is 0 Å². The van der Waals surface area contributed by atoms with E-state index in [4.69, 9.17) is 5.14 Å². The van der Waals surface area contributed by atoms with Gasteiger partial charge in [0.1, 0.15) is 0 Å². The molecule has 4 nitrogen and oxygen atoms in total. The molecule has 2 N–H and O–H groups in total. The Balaban J connectivity index is 2.12. The average Bonchev–Trinajstić information content (AvgIpc) is 2.28. The van der Waals surface area contributed by atoms with E-state index in [9.17, 15) is 17.2 Å². The van der Waals surface area contributed by atoms with E-state index in [0.717, 1.165) is 5.69 Å². The quantitative estimate of drug-likeness (QED) is 0.891. The van der Waals surface area contributed by atoms with Crippen LogP contribution in [0, 0.1) is 0 Å². The fourth-order valence-electron chi connectivity index (χ4n) is 1.94. The number of sulfonamides is 1. The zero-order valence-corrected chi connectivity index (χ0v) is 10.5. The first-order chi connectivity index (χ1) is 8.28. The first kappa shape index (κ1) is 13.2. The number of anilines is 1. The third-order valence-corrected chi connectivity index (χ3v) is 3.95. The van der Waals surface area contributed by atoms with Gasteiger partial charge in [-0.3, -0.25) is 0 Å². The number of hydrogen-bond acceptors (Lipinski definition) is 3. The minimum atomic E-state index is -3.71. The molecule has 0 unspecified atom stereocenters. The van der Waals surface area contributed by atoms with E-state index < -0.39 is 15.9 Å². The van der Waals surface area contributed by atoms with E-state index in [-0.39, 0.29) is 30.8 Å². The van der Waals surface area contributed by atoms with E-state index in [1.165, 1.54) is 12.1 Å². The predicted molar refractivity (Wildman–Crippen MR) is 64.2 cm³/mol. The van der Waals surface area contributed by atoms with E-state index in [1.54, 1.807) is 12.1 Å². The Morgan fingerprint density at radius 1 is 1.11 bits per heavy atom. The maximum Gasteiger partial charge on any atom is 0.251 e. The molecular formula is C11H14F2N2O2S. The van der Waals surface area contributed by atoms with Crippen molar-refractivity contribution in [3.8, 4) is 0 Å². The molecule has 0 bridgehead atoms. The summed E-state index contributed by atoms with van der Waals surface area (Å²) in [5.41, 5.74) is 0.734. The number of alkyl halides is 2. The summed E-state index contributed by atoms with van der Waals surface area (Å²) in [5, 5.41) is 4.98. The topological polar surface area (TPSA) is 63.4 Å². The van der Waals surface area contributed by atoms with Crippen molar-refractivity contribution in [2.24, 2.45) is 5.14 Å². The van der Waals surface area contributed by atoms with Crippen molar-refractivity contribution in [3.63, 3.8) is 0 Å². The standard InChI is InChI=1S/C11H14F2N2O2S/c12-11(13)5-7-15(8-6-11)9-1-3-10(4-2-9)18(14,16)17/h1-4H,5-8H2,(H2,14,16,17). The summed E-state index contributed by atoms with van der Waals surface area (Å²) in [5.74, 6) is -2.59. The largest absolute Gasteiger partial charge is 0.371 e. The lowest BCUT2D eigenvalue weighted by Crippen LogP contribution is -2.39. The van der Waals surface area contributed by atoms with Gasteiger partial charge in [-0.15, -0.1) is 0 Å². The summed E-state index contributed by atoms with van der Waals surface area (Å²) >= 11 is 0. The molecule has 1 aliphatic heterocycles. The Labute approximate surface area is 104 Å².